The average molecular weight is 332 g/mol. The van der Waals surface area contributed by atoms with E-state index in [1.807, 2.05) is 13.8 Å². The molecule has 1 heterocycles. The van der Waals surface area contributed by atoms with Gasteiger partial charge in [-0.15, -0.1) is 0 Å². The molecule has 0 aliphatic carbocycles. The predicted octanol–water partition coefficient (Wildman–Crippen LogP) is 2.99. The zero-order chi connectivity index (χ0) is 15.8. The summed E-state index contributed by atoms with van der Waals surface area (Å²) in [7, 11) is -3.81. The van der Waals surface area contributed by atoms with E-state index in [0.717, 1.165) is 25.3 Å². The van der Waals surface area contributed by atoms with Gasteiger partial charge in [0.1, 0.15) is 4.90 Å². The van der Waals surface area contributed by atoms with E-state index in [4.69, 9.17) is 16.7 Å². The first kappa shape index (κ1) is 16.3. The molecule has 2 rings (SSSR count). The standard InChI is InChI=1S/C14H18ClNO4S/c1-9-4-3-5-10(2)16(9)21(19,20)13-8-11(14(17)18)6-7-12(13)15/h6-10H,3-5H2,1-2H3,(H,17,18). The molecule has 1 N–H and O–H groups in total. The van der Waals surface area contributed by atoms with Crippen molar-refractivity contribution in [2.45, 2.75) is 50.1 Å². The van der Waals surface area contributed by atoms with E-state index in [2.05, 4.69) is 0 Å². The number of aromatic carboxylic acids is 1. The van der Waals surface area contributed by atoms with Crippen molar-refractivity contribution in [3.8, 4) is 0 Å². The molecule has 1 aliphatic rings. The molecule has 0 spiro atoms. The van der Waals surface area contributed by atoms with E-state index in [1.54, 1.807) is 0 Å². The number of rotatable bonds is 3. The Morgan fingerprint density at radius 3 is 2.38 bits per heavy atom. The molecule has 0 radical (unpaired) electrons. The monoisotopic (exact) mass is 331 g/mol. The zero-order valence-corrected chi connectivity index (χ0v) is 13.5. The van der Waals surface area contributed by atoms with Crippen molar-refractivity contribution in [1.82, 2.24) is 4.31 Å². The smallest absolute Gasteiger partial charge is 0.335 e. The molecule has 7 heteroatoms. The van der Waals surface area contributed by atoms with Crippen LogP contribution in [0.1, 0.15) is 43.5 Å². The molecule has 2 unspecified atom stereocenters. The lowest BCUT2D eigenvalue weighted by atomic mass is 10.0. The van der Waals surface area contributed by atoms with Gasteiger partial charge in [0.15, 0.2) is 0 Å². The molecule has 0 amide bonds. The van der Waals surface area contributed by atoms with Crippen LogP contribution >= 0.6 is 11.6 Å². The van der Waals surface area contributed by atoms with E-state index in [-0.39, 0.29) is 27.6 Å². The summed E-state index contributed by atoms with van der Waals surface area (Å²) in [6.07, 6.45) is 2.57. The Labute approximate surface area is 129 Å². The third-order valence-corrected chi connectivity index (χ3v) is 6.46. The molecule has 1 aromatic carbocycles. The first-order chi connectivity index (χ1) is 9.75. The maximum absolute atomic E-state index is 12.9. The van der Waals surface area contributed by atoms with Gasteiger partial charge in [-0.25, -0.2) is 13.2 Å². The van der Waals surface area contributed by atoms with Crippen LogP contribution in [0.15, 0.2) is 23.1 Å². The van der Waals surface area contributed by atoms with Crippen molar-refractivity contribution in [3.05, 3.63) is 28.8 Å². The number of halogens is 1. The fraction of sp³-hybridized carbons (Fsp3) is 0.500. The number of carbonyl (C=O) groups is 1. The topological polar surface area (TPSA) is 74.7 Å². The Morgan fingerprint density at radius 1 is 1.29 bits per heavy atom. The minimum absolute atomic E-state index is 0.0463. The largest absolute Gasteiger partial charge is 0.478 e. The van der Waals surface area contributed by atoms with Gasteiger partial charge >= 0.3 is 5.97 Å². The lowest BCUT2D eigenvalue weighted by Gasteiger charge is -2.37. The van der Waals surface area contributed by atoms with E-state index >= 15 is 0 Å². The molecule has 0 aromatic heterocycles. The van der Waals surface area contributed by atoms with Gasteiger partial charge in [0, 0.05) is 12.1 Å². The van der Waals surface area contributed by atoms with Gasteiger partial charge < -0.3 is 5.11 Å². The lowest BCUT2D eigenvalue weighted by Crippen LogP contribution is -2.47. The summed E-state index contributed by atoms with van der Waals surface area (Å²) in [5.41, 5.74) is -0.0877. The molecule has 5 nitrogen and oxygen atoms in total. The highest BCUT2D eigenvalue weighted by atomic mass is 35.5. The van der Waals surface area contributed by atoms with Crippen molar-refractivity contribution < 1.29 is 18.3 Å². The number of hydrogen-bond acceptors (Lipinski definition) is 3. The molecule has 0 saturated carbocycles. The third kappa shape index (κ3) is 3.07. The number of hydrogen-bond donors (Lipinski definition) is 1. The maximum Gasteiger partial charge on any atom is 0.335 e. The highest BCUT2D eigenvalue weighted by Gasteiger charge is 2.37. The summed E-state index contributed by atoms with van der Waals surface area (Å²) in [5.74, 6) is -1.18. The van der Waals surface area contributed by atoms with Crippen LogP contribution in [-0.4, -0.2) is 35.9 Å². The van der Waals surface area contributed by atoms with Crippen LogP contribution in [0.4, 0.5) is 0 Å². The number of carboxylic acids is 1. The minimum Gasteiger partial charge on any atom is -0.478 e. The van der Waals surface area contributed by atoms with Gasteiger partial charge in [0.05, 0.1) is 10.6 Å². The lowest BCUT2D eigenvalue weighted by molar-refractivity contribution is 0.0696. The molecular weight excluding hydrogens is 314 g/mol. The third-order valence-electron chi connectivity index (χ3n) is 3.85. The summed E-state index contributed by atoms with van der Waals surface area (Å²) in [5, 5.41) is 9.07. The fourth-order valence-corrected chi connectivity index (χ4v) is 5.20. The predicted molar refractivity (Wildman–Crippen MR) is 80.2 cm³/mol. The van der Waals surface area contributed by atoms with E-state index in [0.29, 0.717) is 0 Å². The minimum atomic E-state index is -3.81. The summed E-state index contributed by atoms with van der Waals surface area (Å²) in [6.45, 7) is 3.73. The Hall–Kier alpha value is -1.11. The summed E-state index contributed by atoms with van der Waals surface area (Å²) >= 11 is 6.00. The second-order valence-corrected chi connectivity index (χ2v) is 7.63. The normalized spacial score (nSPS) is 24.0. The van der Waals surface area contributed by atoms with Gasteiger partial charge in [-0.05, 0) is 44.9 Å². The first-order valence-corrected chi connectivity index (χ1v) is 8.63. The molecule has 2 atom stereocenters. The quantitative estimate of drug-likeness (QED) is 0.924. The second kappa shape index (κ2) is 5.94. The van der Waals surface area contributed by atoms with Gasteiger partial charge in [0.2, 0.25) is 10.0 Å². The number of benzene rings is 1. The Morgan fingerprint density at radius 2 is 1.86 bits per heavy atom. The molecular formula is C14H18ClNO4S. The molecule has 21 heavy (non-hydrogen) atoms. The van der Waals surface area contributed by atoms with Crippen molar-refractivity contribution in [2.75, 3.05) is 0 Å². The van der Waals surface area contributed by atoms with Crippen LogP contribution in [0.5, 0.6) is 0 Å². The van der Waals surface area contributed by atoms with Crippen LogP contribution in [0.25, 0.3) is 0 Å². The number of piperidine rings is 1. The van der Waals surface area contributed by atoms with Crippen LogP contribution in [-0.2, 0) is 10.0 Å². The first-order valence-electron chi connectivity index (χ1n) is 6.81. The average Bonchev–Trinajstić information content (AvgIpc) is 2.38. The van der Waals surface area contributed by atoms with Gasteiger partial charge in [-0.1, -0.05) is 18.0 Å². The van der Waals surface area contributed by atoms with Crippen LogP contribution in [0.2, 0.25) is 5.02 Å². The molecule has 1 aromatic rings. The van der Waals surface area contributed by atoms with Gasteiger partial charge in [-0.2, -0.15) is 4.31 Å². The van der Waals surface area contributed by atoms with Crippen LogP contribution in [0, 0.1) is 0 Å². The van der Waals surface area contributed by atoms with Gasteiger partial charge in [0.25, 0.3) is 0 Å². The molecule has 1 fully saturated rings. The fourth-order valence-electron chi connectivity index (χ4n) is 2.82. The van der Waals surface area contributed by atoms with Crippen molar-refractivity contribution in [1.29, 1.82) is 0 Å². The van der Waals surface area contributed by atoms with Crippen molar-refractivity contribution in [2.24, 2.45) is 0 Å². The Balaban J connectivity index is 2.53. The van der Waals surface area contributed by atoms with Crippen LogP contribution in [0.3, 0.4) is 0 Å². The summed E-state index contributed by atoms with van der Waals surface area (Å²) < 4.78 is 27.2. The van der Waals surface area contributed by atoms with E-state index < -0.39 is 16.0 Å². The van der Waals surface area contributed by atoms with Crippen LogP contribution < -0.4 is 0 Å². The summed E-state index contributed by atoms with van der Waals surface area (Å²) in [4.78, 5) is 10.9. The Bertz CT molecular complexity index is 649. The molecule has 1 saturated heterocycles. The van der Waals surface area contributed by atoms with E-state index in [1.165, 1.54) is 16.4 Å². The highest BCUT2D eigenvalue weighted by molar-refractivity contribution is 7.89. The second-order valence-electron chi connectivity index (χ2n) is 5.41. The summed E-state index contributed by atoms with van der Waals surface area (Å²) in [6, 6.07) is 3.50. The molecule has 0 bridgehead atoms. The van der Waals surface area contributed by atoms with Crippen molar-refractivity contribution in [3.63, 3.8) is 0 Å². The zero-order valence-electron chi connectivity index (χ0n) is 11.9. The van der Waals surface area contributed by atoms with Crippen molar-refractivity contribution >= 4 is 27.6 Å². The number of sulfonamides is 1. The maximum atomic E-state index is 12.9. The molecule has 1 aliphatic heterocycles. The highest BCUT2D eigenvalue weighted by Crippen LogP contribution is 2.33. The van der Waals surface area contributed by atoms with Gasteiger partial charge in [-0.3, -0.25) is 0 Å². The van der Waals surface area contributed by atoms with E-state index in [9.17, 15) is 13.2 Å². The Kier molecular flexibility index (Phi) is 4.60. The number of carboxylic acid groups (broad SMARTS) is 1. The molecule has 116 valence electrons. The SMILES string of the molecule is CC1CCCC(C)N1S(=O)(=O)c1cc(C(=O)O)ccc1Cl. The number of nitrogens with zero attached hydrogens (tertiary/aromatic N) is 1.